The smallest absolute Gasteiger partial charge is 0.237 e. The molecule has 13 heavy (non-hydrogen) atoms. The van der Waals surface area contributed by atoms with Crippen molar-refractivity contribution < 1.29 is 17.6 Å². The molecule has 0 aromatic heterocycles. The van der Waals surface area contributed by atoms with Crippen molar-refractivity contribution in [3.05, 3.63) is 35.9 Å². The second-order valence-corrected chi connectivity index (χ2v) is 2.70. The minimum Gasteiger partial charge on any atom is -0.237 e. The van der Waals surface area contributed by atoms with Crippen LogP contribution < -0.4 is 0 Å². The fraction of sp³-hybridized carbons (Fsp3) is 0.333. The zero-order valence-electron chi connectivity index (χ0n) is 6.68. The van der Waals surface area contributed by atoms with Crippen molar-refractivity contribution in [2.24, 2.45) is 0 Å². The third-order valence-electron chi connectivity index (χ3n) is 1.61. The van der Waals surface area contributed by atoms with Crippen molar-refractivity contribution in [1.82, 2.24) is 0 Å². The van der Waals surface area contributed by atoms with E-state index in [1.807, 2.05) is 0 Å². The van der Waals surface area contributed by atoms with E-state index in [1.54, 1.807) is 18.2 Å². The lowest BCUT2D eigenvalue weighted by Gasteiger charge is -2.11. The molecule has 1 aromatic carbocycles. The fourth-order valence-electron chi connectivity index (χ4n) is 0.937. The van der Waals surface area contributed by atoms with Crippen LogP contribution in [-0.4, -0.2) is 12.3 Å². The SMILES string of the molecule is FC(Cc1ccccc1)C(F)(F)F. The van der Waals surface area contributed by atoms with Gasteiger partial charge in [-0.3, -0.25) is 0 Å². The molecule has 1 rings (SSSR count). The van der Waals surface area contributed by atoms with Crippen LogP contribution in [0, 0.1) is 0 Å². The van der Waals surface area contributed by atoms with E-state index in [-0.39, 0.29) is 0 Å². The zero-order valence-corrected chi connectivity index (χ0v) is 6.68. The average Bonchev–Trinajstić information content (AvgIpc) is 2.04. The summed E-state index contributed by atoms with van der Waals surface area (Å²) in [5.41, 5.74) is 0.354. The van der Waals surface area contributed by atoms with Crippen LogP contribution in [0.5, 0.6) is 0 Å². The van der Waals surface area contributed by atoms with Gasteiger partial charge in [0.15, 0.2) is 6.17 Å². The average molecular weight is 192 g/mol. The molecule has 0 bridgehead atoms. The second kappa shape index (κ2) is 3.77. The molecule has 0 nitrogen and oxygen atoms in total. The van der Waals surface area contributed by atoms with Gasteiger partial charge in [-0.25, -0.2) is 4.39 Å². The van der Waals surface area contributed by atoms with Gasteiger partial charge in [0.25, 0.3) is 0 Å². The quantitative estimate of drug-likeness (QED) is 0.631. The van der Waals surface area contributed by atoms with E-state index in [1.165, 1.54) is 12.1 Å². The Morgan fingerprint density at radius 2 is 1.62 bits per heavy atom. The molecule has 0 saturated carbocycles. The molecule has 0 N–H and O–H groups in total. The van der Waals surface area contributed by atoms with E-state index in [0.717, 1.165) is 0 Å². The normalized spacial score (nSPS) is 14.2. The molecule has 4 heteroatoms. The molecule has 1 aromatic rings. The Labute approximate surface area is 73.2 Å². The Hall–Kier alpha value is -1.06. The van der Waals surface area contributed by atoms with Gasteiger partial charge >= 0.3 is 6.18 Å². The first-order valence-electron chi connectivity index (χ1n) is 3.75. The number of hydrogen-bond acceptors (Lipinski definition) is 0. The van der Waals surface area contributed by atoms with E-state index in [0.29, 0.717) is 5.56 Å². The highest BCUT2D eigenvalue weighted by Crippen LogP contribution is 2.25. The highest BCUT2D eigenvalue weighted by atomic mass is 19.4. The Balaban J connectivity index is 2.61. The van der Waals surface area contributed by atoms with E-state index in [4.69, 9.17) is 0 Å². The van der Waals surface area contributed by atoms with Gasteiger partial charge in [0.2, 0.25) is 0 Å². The molecular formula is C9H8F4. The highest BCUT2D eigenvalue weighted by molar-refractivity contribution is 5.15. The first kappa shape index (κ1) is 10.0. The first-order chi connectivity index (χ1) is 6.00. The third-order valence-corrected chi connectivity index (χ3v) is 1.61. The van der Waals surface area contributed by atoms with Crippen LogP contribution in [0.15, 0.2) is 30.3 Å². The number of halogens is 4. The van der Waals surface area contributed by atoms with Crippen molar-refractivity contribution >= 4 is 0 Å². The highest BCUT2D eigenvalue weighted by Gasteiger charge is 2.39. The van der Waals surface area contributed by atoms with Crippen LogP contribution in [0.3, 0.4) is 0 Å². The molecule has 0 heterocycles. The summed E-state index contributed by atoms with van der Waals surface area (Å²) >= 11 is 0. The van der Waals surface area contributed by atoms with Gasteiger partial charge in [-0.05, 0) is 5.56 Å². The van der Waals surface area contributed by atoms with Crippen molar-refractivity contribution in [1.29, 1.82) is 0 Å². The second-order valence-electron chi connectivity index (χ2n) is 2.70. The summed E-state index contributed by atoms with van der Waals surface area (Å²) in [6, 6.07) is 7.78. The summed E-state index contributed by atoms with van der Waals surface area (Å²) in [6.07, 6.45) is -8.13. The molecule has 0 spiro atoms. The maximum absolute atomic E-state index is 12.5. The van der Waals surface area contributed by atoms with Crippen LogP contribution in [0.4, 0.5) is 17.6 Å². The van der Waals surface area contributed by atoms with Gasteiger partial charge in [-0.1, -0.05) is 30.3 Å². The van der Waals surface area contributed by atoms with Crippen LogP contribution in [0.25, 0.3) is 0 Å². The van der Waals surface area contributed by atoms with Crippen LogP contribution >= 0.6 is 0 Å². The maximum Gasteiger partial charge on any atom is 0.419 e. The molecule has 72 valence electrons. The number of alkyl halides is 4. The van der Waals surface area contributed by atoms with Crippen LogP contribution in [-0.2, 0) is 6.42 Å². The lowest BCUT2D eigenvalue weighted by atomic mass is 10.1. The van der Waals surface area contributed by atoms with Crippen molar-refractivity contribution in [2.45, 2.75) is 18.8 Å². The van der Waals surface area contributed by atoms with Crippen LogP contribution in [0.2, 0.25) is 0 Å². The summed E-state index contributed by atoms with van der Waals surface area (Å²) in [5, 5.41) is 0. The van der Waals surface area contributed by atoms with Crippen molar-refractivity contribution in [3.8, 4) is 0 Å². The molecule has 1 atom stereocenters. The van der Waals surface area contributed by atoms with Gasteiger partial charge in [0.05, 0.1) is 0 Å². The van der Waals surface area contributed by atoms with Crippen molar-refractivity contribution in [3.63, 3.8) is 0 Å². The van der Waals surface area contributed by atoms with Gasteiger partial charge in [-0.15, -0.1) is 0 Å². The largest absolute Gasteiger partial charge is 0.419 e. The van der Waals surface area contributed by atoms with E-state index >= 15 is 0 Å². The molecule has 0 radical (unpaired) electrons. The summed E-state index contributed by atoms with van der Waals surface area (Å²) in [6.45, 7) is 0. The summed E-state index contributed by atoms with van der Waals surface area (Å²) in [5.74, 6) is 0. The Morgan fingerprint density at radius 3 is 2.08 bits per heavy atom. The number of rotatable bonds is 2. The van der Waals surface area contributed by atoms with Crippen LogP contribution in [0.1, 0.15) is 5.56 Å². The van der Waals surface area contributed by atoms with E-state index < -0.39 is 18.8 Å². The molecule has 0 aliphatic rings. The zero-order chi connectivity index (χ0) is 9.90. The molecule has 0 amide bonds. The Bertz CT molecular complexity index is 252. The third kappa shape index (κ3) is 3.05. The molecule has 0 aliphatic carbocycles. The predicted octanol–water partition coefficient (Wildman–Crippen LogP) is 3.13. The minimum atomic E-state index is -4.75. The monoisotopic (exact) mass is 192 g/mol. The predicted molar refractivity (Wildman–Crippen MR) is 41.1 cm³/mol. The number of hydrogen-bond donors (Lipinski definition) is 0. The van der Waals surface area contributed by atoms with Gasteiger partial charge in [-0.2, -0.15) is 13.2 Å². The standard InChI is InChI=1S/C9H8F4/c10-8(9(11,12)13)6-7-4-2-1-3-5-7/h1-5,8H,6H2. The molecule has 0 saturated heterocycles. The molecule has 0 fully saturated rings. The molecule has 0 aliphatic heterocycles. The molecular weight excluding hydrogens is 184 g/mol. The van der Waals surface area contributed by atoms with Crippen molar-refractivity contribution in [2.75, 3.05) is 0 Å². The lowest BCUT2D eigenvalue weighted by Crippen LogP contribution is -2.26. The summed E-state index contributed by atoms with van der Waals surface area (Å²) in [4.78, 5) is 0. The topological polar surface area (TPSA) is 0 Å². The summed E-state index contributed by atoms with van der Waals surface area (Å²) < 4.78 is 47.7. The fourth-order valence-corrected chi connectivity index (χ4v) is 0.937. The summed E-state index contributed by atoms with van der Waals surface area (Å²) in [7, 11) is 0. The van der Waals surface area contributed by atoms with E-state index in [2.05, 4.69) is 0 Å². The van der Waals surface area contributed by atoms with Gasteiger partial charge in [0, 0.05) is 6.42 Å². The number of benzene rings is 1. The lowest BCUT2D eigenvalue weighted by molar-refractivity contribution is -0.179. The Kier molecular flexibility index (Phi) is 2.90. The van der Waals surface area contributed by atoms with Gasteiger partial charge < -0.3 is 0 Å². The van der Waals surface area contributed by atoms with Gasteiger partial charge in [0.1, 0.15) is 0 Å². The maximum atomic E-state index is 12.5. The molecule has 1 unspecified atom stereocenters. The van der Waals surface area contributed by atoms with E-state index in [9.17, 15) is 17.6 Å². The first-order valence-corrected chi connectivity index (χ1v) is 3.75. The minimum absolute atomic E-state index is 0.354. The Morgan fingerprint density at radius 1 is 1.08 bits per heavy atom.